The van der Waals surface area contributed by atoms with E-state index in [1.807, 2.05) is 42.5 Å². The minimum absolute atomic E-state index is 0.155. The number of Topliss-reactive ketones (excluding diaryl/α,β-unsaturated/α-hetero) is 1. The van der Waals surface area contributed by atoms with Crippen molar-refractivity contribution in [3.8, 4) is 28.7 Å². The third-order valence-corrected chi connectivity index (χ3v) is 6.82. The molecular formula is C28H26BrNO6. The Morgan fingerprint density at radius 3 is 2.53 bits per heavy atom. The summed E-state index contributed by atoms with van der Waals surface area (Å²) in [6.45, 7) is 1.85. The van der Waals surface area contributed by atoms with Crippen molar-refractivity contribution in [1.82, 2.24) is 4.90 Å². The van der Waals surface area contributed by atoms with Gasteiger partial charge in [-0.05, 0) is 60.5 Å². The Hall–Kier alpha value is -3.49. The van der Waals surface area contributed by atoms with Gasteiger partial charge in [0.1, 0.15) is 24.0 Å². The summed E-state index contributed by atoms with van der Waals surface area (Å²) in [4.78, 5) is 15.3. The number of allylic oxidation sites excluding steroid dienone is 1. The molecule has 0 atom stereocenters. The smallest absolute Gasteiger partial charge is 0.231 e. The van der Waals surface area contributed by atoms with E-state index in [1.165, 1.54) is 0 Å². The maximum absolute atomic E-state index is 13.2. The number of hydrogen-bond acceptors (Lipinski definition) is 7. The fraction of sp³-hybridized carbons (Fsp3) is 0.250. The number of rotatable bonds is 7. The number of ketones is 1. The summed E-state index contributed by atoms with van der Waals surface area (Å²) in [5.74, 6) is 3.48. The van der Waals surface area contributed by atoms with Gasteiger partial charge in [0.2, 0.25) is 5.78 Å². The minimum atomic E-state index is -0.155. The van der Waals surface area contributed by atoms with Gasteiger partial charge in [-0.15, -0.1) is 0 Å². The highest BCUT2D eigenvalue weighted by molar-refractivity contribution is 9.10. The highest BCUT2D eigenvalue weighted by Crippen LogP contribution is 2.42. The molecule has 0 saturated heterocycles. The number of ether oxygens (including phenoxy) is 5. The molecule has 0 saturated carbocycles. The van der Waals surface area contributed by atoms with E-state index >= 15 is 0 Å². The standard InChI is InChI=1S/C28H26BrNO6/c1-32-22-8-5-19(29)13-18(22)14-26-27(31)20-6-9-23-21(28(20)36-26)15-30(16-35-23)11-10-17-4-7-24(33-2)25(12-17)34-3/h4-9,12-14H,10-11,15-16H2,1-3H3/b26-14-. The second-order valence-electron chi connectivity index (χ2n) is 8.51. The summed E-state index contributed by atoms with van der Waals surface area (Å²) in [7, 11) is 4.86. The SMILES string of the molecule is COc1ccc(Br)cc1/C=C1\Oc2c(ccc3c2CN(CCc2ccc(OC)c(OC)c2)CO3)C1=O. The third kappa shape index (κ3) is 4.66. The number of benzene rings is 3. The summed E-state index contributed by atoms with van der Waals surface area (Å²) in [6.07, 6.45) is 2.53. The maximum Gasteiger partial charge on any atom is 0.231 e. The Balaban J connectivity index is 1.35. The Morgan fingerprint density at radius 2 is 1.75 bits per heavy atom. The fourth-order valence-electron chi connectivity index (χ4n) is 4.43. The molecule has 2 aliphatic rings. The van der Waals surface area contributed by atoms with Gasteiger partial charge in [-0.1, -0.05) is 22.0 Å². The molecule has 7 nitrogen and oxygen atoms in total. The normalized spacial score (nSPS) is 15.7. The first-order valence-electron chi connectivity index (χ1n) is 11.5. The number of fused-ring (bicyclic) bond motifs is 3. The molecule has 186 valence electrons. The molecule has 0 fully saturated rings. The molecule has 3 aromatic rings. The lowest BCUT2D eigenvalue weighted by molar-refractivity contribution is 0.0949. The van der Waals surface area contributed by atoms with Crippen molar-refractivity contribution in [2.24, 2.45) is 0 Å². The zero-order valence-corrected chi connectivity index (χ0v) is 21.9. The van der Waals surface area contributed by atoms with Crippen LogP contribution in [-0.4, -0.2) is 45.3 Å². The van der Waals surface area contributed by atoms with Gasteiger partial charge in [-0.25, -0.2) is 0 Å². The van der Waals surface area contributed by atoms with Crippen LogP contribution in [0.3, 0.4) is 0 Å². The van der Waals surface area contributed by atoms with Crippen molar-refractivity contribution in [3.63, 3.8) is 0 Å². The summed E-state index contributed by atoms with van der Waals surface area (Å²) < 4.78 is 29.2. The molecule has 0 aromatic heterocycles. The van der Waals surface area contributed by atoms with Crippen LogP contribution in [0, 0.1) is 0 Å². The lowest BCUT2D eigenvalue weighted by atomic mass is 10.0. The molecule has 0 bridgehead atoms. The van der Waals surface area contributed by atoms with Crippen LogP contribution in [0.25, 0.3) is 6.08 Å². The lowest BCUT2D eigenvalue weighted by Crippen LogP contribution is -2.33. The predicted molar refractivity (Wildman–Crippen MR) is 139 cm³/mol. The Bertz CT molecular complexity index is 1350. The second kappa shape index (κ2) is 10.2. The molecule has 5 rings (SSSR count). The van der Waals surface area contributed by atoms with Crippen LogP contribution >= 0.6 is 15.9 Å². The molecule has 0 unspecified atom stereocenters. The van der Waals surface area contributed by atoms with E-state index in [0.717, 1.165) is 39.9 Å². The monoisotopic (exact) mass is 551 g/mol. The van der Waals surface area contributed by atoms with Gasteiger partial charge in [0.15, 0.2) is 17.3 Å². The van der Waals surface area contributed by atoms with Crippen molar-refractivity contribution in [1.29, 1.82) is 0 Å². The van der Waals surface area contributed by atoms with E-state index in [-0.39, 0.29) is 11.5 Å². The summed E-state index contributed by atoms with van der Waals surface area (Å²) in [5.41, 5.74) is 3.31. The lowest BCUT2D eigenvalue weighted by Gasteiger charge is -2.29. The molecule has 2 aliphatic heterocycles. The maximum atomic E-state index is 13.2. The second-order valence-corrected chi connectivity index (χ2v) is 9.43. The van der Waals surface area contributed by atoms with Gasteiger partial charge in [-0.2, -0.15) is 0 Å². The number of carbonyl (C=O) groups excluding carboxylic acids is 1. The first-order valence-corrected chi connectivity index (χ1v) is 12.3. The van der Waals surface area contributed by atoms with Gasteiger partial charge in [-0.3, -0.25) is 9.69 Å². The number of nitrogens with zero attached hydrogens (tertiary/aromatic N) is 1. The van der Waals surface area contributed by atoms with Crippen molar-refractivity contribution in [2.75, 3.05) is 34.6 Å². The van der Waals surface area contributed by atoms with Crippen LogP contribution in [0.5, 0.6) is 28.7 Å². The molecule has 0 radical (unpaired) electrons. The number of hydrogen-bond donors (Lipinski definition) is 0. The van der Waals surface area contributed by atoms with E-state index in [0.29, 0.717) is 41.8 Å². The van der Waals surface area contributed by atoms with Gasteiger partial charge < -0.3 is 23.7 Å². The first kappa shape index (κ1) is 24.2. The first-order chi connectivity index (χ1) is 17.5. The van der Waals surface area contributed by atoms with Crippen LogP contribution in [0.15, 0.2) is 58.8 Å². The molecule has 0 N–H and O–H groups in total. The summed E-state index contributed by atoms with van der Waals surface area (Å²) in [6, 6.07) is 15.2. The van der Waals surface area contributed by atoms with Crippen molar-refractivity contribution >= 4 is 27.8 Å². The van der Waals surface area contributed by atoms with Crippen LogP contribution in [0.2, 0.25) is 0 Å². The topological polar surface area (TPSA) is 66.5 Å². The number of carbonyl (C=O) groups is 1. The minimum Gasteiger partial charge on any atom is -0.496 e. The van der Waals surface area contributed by atoms with Crippen LogP contribution in [0.1, 0.15) is 27.0 Å². The average molecular weight is 552 g/mol. The fourth-order valence-corrected chi connectivity index (χ4v) is 4.81. The molecule has 36 heavy (non-hydrogen) atoms. The molecule has 0 spiro atoms. The van der Waals surface area contributed by atoms with E-state index < -0.39 is 0 Å². The summed E-state index contributed by atoms with van der Waals surface area (Å²) >= 11 is 3.48. The number of halogens is 1. The molecule has 2 heterocycles. The average Bonchev–Trinajstić information content (AvgIpc) is 3.22. The highest BCUT2D eigenvalue weighted by atomic mass is 79.9. The van der Waals surface area contributed by atoms with E-state index in [9.17, 15) is 4.79 Å². The van der Waals surface area contributed by atoms with Crippen molar-refractivity contribution in [3.05, 3.63) is 81.0 Å². The number of methoxy groups -OCH3 is 3. The van der Waals surface area contributed by atoms with Gasteiger partial charge in [0.25, 0.3) is 0 Å². The Morgan fingerprint density at radius 1 is 0.972 bits per heavy atom. The zero-order valence-electron chi connectivity index (χ0n) is 20.3. The molecule has 0 amide bonds. The largest absolute Gasteiger partial charge is 0.496 e. The molecule has 0 aliphatic carbocycles. The van der Waals surface area contributed by atoms with Crippen LogP contribution in [0.4, 0.5) is 0 Å². The van der Waals surface area contributed by atoms with Crippen molar-refractivity contribution in [2.45, 2.75) is 13.0 Å². The van der Waals surface area contributed by atoms with Gasteiger partial charge in [0.05, 0.1) is 32.5 Å². The van der Waals surface area contributed by atoms with Gasteiger partial charge in [0, 0.05) is 23.1 Å². The molecule has 8 heteroatoms. The van der Waals surface area contributed by atoms with Crippen molar-refractivity contribution < 1.29 is 28.5 Å². The van der Waals surface area contributed by atoms with Gasteiger partial charge >= 0.3 is 0 Å². The highest BCUT2D eigenvalue weighted by Gasteiger charge is 2.33. The quantitative estimate of drug-likeness (QED) is 0.360. The van der Waals surface area contributed by atoms with E-state index in [4.69, 9.17) is 23.7 Å². The molecular weight excluding hydrogens is 526 g/mol. The Labute approximate surface area is 218 Å². The third-order valence-electron chi connectivity index (χ3n) is 6.33. The predicted octanol–water partition coefficient (Wildman–Crippen LogP) is 5.49. The zero-order chi connectivity index (χ0) is 25.2. The summed E-state index contributed by atoms with van der Waals surface area (Å²) in [5, 5.41) is 0. The van der Waals surface area contributed by atoms with Crippen LogP contribution < -0.4 is 23.7 Å². The van der Waals surface area contributed by atoms with E-state index in [2.05, 4.69) is 20.8 Å². The van der Waals surface area contributed by atoms with Crippen LogP contribution in [-0.2, 0) is 13.0 Å². The Kier molecular flexibility index (Phi) is 6.89. The van der Waals surface area contributed by atoms with E-state index in [1.54, 1.807) is 33.5 Å². The molecule has 3 aromatic carbocycles.